The molecule has 0 aliphatic heterocycles. The first kappa shape index (κ1) is 21.3. The number of aromatic nitrogens is 1. The number of unbranched alkanes of at least 4 members (excludes halogenated alkanes) is 3. The van der Waals surface area contributed by atoms with E-state index in [4.69, 9.17) is 9.26 Å². The summed E-state index contributed by atoms with van der Waals surface area (Å²) in [6, 6.07) is 8.38. The molecule has 2 aromatic rings. The summed E-state index contributed by atoms with van der Waals surface area (Å²) in [4.78, 5) is 26.6. The van der Waals surface area contributed by atoms with E-state index in [1.165, 1.54) is 4.90 Å². The molecule has 0 bridgehead atoms. The van der Waals surface area contributed by atoms with Gasteiger partial charge in [-0.1, -0.05) is 37.4 Å². The molecule has 8 nitrogen and oxygen atoms in total. The number of nitrogens with one attached hydrogen (secondary N) is 2. The zero-order valence-electron chi connectivity index (χ0n) is 16.7. The molecule has 3 amide bonds. The Morgan fingerprint density at radius 2 is 2.00 bits per heavy atom. The monoisotopic (exact) mass is 388 g/mol. The highest BCUT2D eigenvalue weighted by Crippen LogP contribution is 2.17. The van der Waals surface area contributed by atoms with Crippen LogP contribution in [-0.4, -0.2) is 42.2 Å². The highest BCUT2D eigenvalue weighted by atomic mass is 16.5. The number of methoxy groups -OCH3 is 1. The van der Waals surface area contributed by atoms with Gasteiger partial charge in [-0.05, 0) is 25.5 Å². The van der Waals surface area contributed by atoms with Gasteiger partial charge in [-0.25, -0.2) is 4.79 Å². The van der Waals surface area contributed by atoms with E-state index in [-0.39, 0.29) is 18.5 Å². The number of hydrogen-bond acceptors (Lipinski definition) is 5. The molecule has 0 spiro atoms. The van der Waals surface area contributed by atoms with Crippen molar-refractivity contribution in [2.75, 3.05) is 30.8 Å². The molecular weight excluding hydrogens is 360 g/mol. The van der Waals surface area contributed by atoms with Crippen molar-refractivity contribution < 1.29 is 18.8 Å². The van der Waals surface area contributed by atoms with Crippen molar-refractivity contribution in [1.29, 1.82) is 0 Å². The van der Waals surface area contributed by atoms with E-state index in [2.05, 4.69) is 22.7 Å². The molecular formula is C20H28N4O4. The van der Waals surface area contributed by atoms with Gasteiger partial charge in [0.05, 0.1) is 7.11 Å². The average molecular weight is 388 g/mol. The average Bonchev–Trinajstić information content (AvgIpc) is 3.08. The van der Waals surface area contributed by atoms with Crippen LogP contribution in [-0.2, 0) is 4.79 Å². The molecule has 8 heteroatoms. The molecule has 0 aliphatic rings. The summed E-state index contributed by atoms with van der Waals surface area (Å²) < 4.78 is 10.1. The van der Waals surface area contributed by atoms with Gasteiger partial charge in [-0.3, -0.25) is 4.79 Å². The molecule has 2 rings (SSSR count). The lowest BCUT2D eigenvalue weighted by Crippen LogP contribution is -2.41. The SMILES string of the molecule is CCCCCCN(CC(=O)Nc1cc(C)on1)C(=O)Nc1cccc(OC)c1. The molecule has 0 saturated carbocycles. The first-order chi connectivity index (χ1) is 13.5. The molecule has 0 radical (unpaired) electrons. The van der Waals surface area contributed by atoms with Gasteiger partial charge < -0.3 is 24.8 Å². The van der Waals surface area contributed by atoms with Crippen LogP contribution in [0.25, 0.3) is 0 Å². The molecule has 2 N–H and O–H groups in total. The predicted molar refractivity (Wildman–Crippen MR) is 108 cm³/mol. The third kappa shape index (κ3) is 6.94. The van der Waals surface area contributed by atoms with Crippen LogP contribution in [0.2, 0.25) is 0 Å². The second-order valence-corrected chi connectivity index (χ2v) is 6.52. The number of carbonyl (C=O) groups is 2. The minimum Gasteiger partial charge on any atom is -0.497 e. The minimum atomic E-state index is -0.337. The second kappa shape index (κ2) is 11.0. The van der Waals surface area contributed by atoms with Crippen LogP contribution in [0.1, 0.15) is 38.4 Å². The van der Waals surface area contributed by atoms with Crippen molar-refractivity contribution in [2.45, 2.75) is 39.5 Å². The maximum absolute atomic E-state index is 12.7. The fourth-order valence-corrected chi connectivity index (χ4v) is 2.67. The van der Waals surface area contributed by atoms with Gasteiger partial charge in [0, 0.05) is 24.4 Å². The third-order valence-corrected chi connectivity index (χ3v) is 4.12. The van der Waals surface area contributed by atoms with E-state index >= 15 is 0 Å². The van der Waals surface area contributed by atoms with E-state index in [0.717, 1.165) is 25.7 Å². The summed E-state index contributed by atoms with van der Waals surface area (Å²) in [5.74, 6) is 1.25. The predicted octanol–water partition coefficient (Wildman–Crippen LogP) is 4.04. The van der Waals surface area contributed by atoms with E-state index in [9.17, 15) is 9.59 Å². The fourth-order valence-electron chi connectivity index (χ4n) is 2.67. The van der Waals surface area contributed by atoms with Gasteiger partial charge in [0.15, 0.2) is 5.82 Å². The van der Waals surface area contributed by atoms with Crippen LogP contribution < -0.4 is 15.4 Å². The Morgan fingerprint density at radius 3 is 2.68 bits per heavy atom. The first-order valence-corrected chi connectivity index (χ1v) is 9.45. The molecule has 0 atom stereocenters. The molecule has 152 valence electrons. The number of rotatable bonds is 10. The van der Waals surface area contributed by atoms with Crippen molar-refractivity contribution in [3.63, 3.8) is 0 Å². The highest BCUT2D eigenvalue weighted by molar-refractivity contribution is 5.96. The lowest BCUT2D eigenvalue weighted by atomic mass is 10.2. The van der Waals surface area contributed by atoms with Gasteiger partial charge in [0.1, 0.15) is 18.1 Å². The van der Waals surface area contributed by atoms with Crippen LogP contribution in [0, 0.1) is 6.92 Å². The maximum atomic E-state index is 12.7. The van der Waals surface area contributed by atoms with Gasteiger partial charge in [-0.15, -0.1) is 0 Å². The maximum Gasteiger partial charge on any atom is 0.322 e. The number of nitrogens with zero attached hydrogens (tertiary/aromatic N) is 2. The Balaban J connectivity index is 1.99. The Kier molecular flexibility index (Phi) is 8.33. The summed E-state index contributed by atoms with van der Waals surface area (Å²) in [6.45, 7) is 4.28. The number of urea groups is 1. The van der Waals surface area contributed by atoms with E-state index < -0.39 is 0 Å². The summed E-state index contributed by atoms with van der Waals surface area (Å²) >= 11 is 0. The topological polar surface area (TPSA) is 96.7 Å². The zero-order chi connectivity index (χ0) is 20.4. The fraction of sp³-hybridized carbons (Fsp3) is 0.450. The number of amides is 3. The van der Waals surface area contributed by atoms with Crippen molar-refractivity contribution in [2.24, 2.45) is 0 Å². The number of benzene rings is 1. The third-order valence-electron chi connectivity index (χ3n) is 4.12. The van der Waals surface area contributed by atoms with E-state index in [1.54, 1.807) is 44.4 Å². The molecule has 1 heterocycles. The number of aryl methyl sites for hydroxylation is 1. The van der Waals surface area contributed by atoms with Gasteiger partial charge in [0.2, 0.25) is 5.91 Å². The van der Waals surface area contributed by atoms with E-state index in [0.29, 0.717) is 29.6 Å². The van der Waals surface area contributed by atoms with Crippen molar-refractivity contribution >= 4 is 23.4 Å². The summed E-state index contributed by atoms with van der Waals surface area (Å²) in [5.41, 5.74) is 0.607. The smallest absolute Gasteiger partial charge is 0.322 e. The van der Waals surface area contributed by atoms with Gasteiger partial charge >= 0.3 is 6.03 Å². The van der Waals surface area contributed by atoms with Gasteiger partial charge in [-0.2, -0.15) is 0 Å². The number of ether oxygens (including phenoxy) is 1. The molecule has 0 fully saturated rings. The van der Waals surface area contributed by atoms with Crippen LogP contribution >= 0.6 is 0 Å². The highest BCUT2D eigenvalue weighted by Gasteiger charge is 2.18. The summed E-state index contributed by atoms with van der Waals surface area (Å²) in [7, 11) is 1.57. The first-order valence-electron chi connectivity index (χ1n) is 9.45. The Hall–Kier alpha value is -3.03. The van der Waals surface area contributed by atoms with E-state index in [1.807, 2.05) is 0 Å². The largest absolute Gasteiger partial charge is 0.497 e. The van der Waals surface area contributed by atoms with Crippen LogP contribution in [0.4, 0.5) is 16.3 Å². The molecule has 28 heavy (non-hydrogen) atoms. The summed E-state index contributed by atoms with van der Waals surface area (Å²) in [6.07, 6.45) is 4.02. The molecule has 0 aliphatic carbocycles. The molecule has 0 saturated heterocycles. The Morgan fingerprint density at radius 1 is 1.18 bits per heavy atom. The normalized spacial score (nSPS) is 10.4. The lowest BCUT2D eigenvalue weighted by molar-refractivity contribution is -0.116. The van der Waals surface area contributed by atoms with Crippen molar-refractivity contribution in [1.82, 2.24) is 10.1 Å². The quantitative estimate of drug-likeness (QED) is 0.599. The number of hydrogen-bond donors (Lipinski definition) is 2. The Bertz CT molecular complexity index is 775. The number of anilines is 2. The van der Waals surface area contributed by atoms with Crippen molar-refractivity contribution in [3.8, 4) is 5.75 Å². The summed E-state index contributed by atoms with van der Waals surface area (Å²) in [5, 5.41) is 9.21. The number of carbonyl (C=O) groups excluding carboxylic acids is 2. The van der Waals surface area contributed by atoms with Crippen LogP contribution in [0.5, 0.6) is 5.75 Å². The standard InChI is InChI=1S/C20H28N4O4/c1-4-5-6-7-11-24(14-19(25)22-18-12-15(2)28-23-18)20(26)21-16-9-8-10-17(13-16)27-3/h8-10,12-13H,4-7,11,14H2,1-3H3,(H,21,26)(H,22,23,25). The van der Waals surface area contributed by atoms with Crippen LogP contribution in [0.15, 0.2) is 34.9 Å². The minimum absolute atomic E-state index is 0.0756. The Labute approximate surface area is 165 Å². The zero-order valence-corrected chi connectivity index (χ0v) is 16.7. The van der Waals surface area contributed by atoms with Gasteiger partial charge in [0.25, 0.3) is 0 Å². The second-order valence-electron chi connectivity index (χ2n) is 6.52. The molecule has 1 aromatic heterocycles. The lowest BCUT2D eigenvalue weighted by Gasteiger charge is -2.22. The van der Waals surface area contributed by atoms with Crippen LogP contribution in [0.3, 0.4) is 0 Å². The molecule has 1 aromatic carbocycles. The van der Waals surface area contributed by atoms with Crippen molar-refractivity contribution in [3.05, 3.63) is 36.1 Å². The molecule has 0 unspecified atom stereocenters.